The van der Waals surface area contributed by atoms with Crippen molar-refractivity contribution >= 4 is 16.9 Å². The lowest BCUT2D eigenvalue weighted by atomic mass is 10.00. The minimum Gasteiger partial charge on any atom is -0.450 e. The van der Waals surface area contributed by atoms with Crippen molar-refractivity contribution in [1.29, 1.82) is 0 Å². The Morgan fingerprint density at radius 3 is 2.66 bits per heavy atom. The number of fused-ring (bicyclic) bond motifs is 2. The van der Waals surface area contributed by atoms with Gasteiger partial charge in [0.25, 0.3) is 5.91 Å². The molecule has 29 heavy (non-hydrogen) atoms. The van der Waals surface area contributed by atoms with Gasteiger partial charge in [-0.1, -0.05) is 18.2 Å². The fourth-order valence-electron chi connectivity index (χ4n) is 4.16. The number of benzene rings is 1. The summed E-state index contributed by atoms with van der Waals surface area (Å²) in [5.74, 6) is -0.102. The average molecular weight is 391 g/mol. The molecular formula is C22H21N3O4. The second-order valence-electron chi connectivity index (χ2n) is 7.31. The van der Waals surface area contributed by atoms with Crippen LogP contribution in [0.1, 0.15) is 27.7 Å². The number of hydrogen-bond acceptors (Lipinski definition) is 6. The summed E-state index contributed by atoms with van der Waals surface area (Å²) >= 11 is 0. The zero-order valence-electron chi connectivity index (χ0n) is 15.9. The molecule has 0 aliphatic carbocycles. The first-order valence-electron chi connectivity index (χ1n) is 9.81. The second kappa shape index (κ2) is 7.42. The van der Waals surface area contributed by atoms with Crippen LogP contribution in [0.5, 0.6) is 0 Å². The number of nitrogens with zero attached hydrogens (tertiary/aromatic N) is 3. The summed E-state index contributed by atoms with van der Waals surface area (Å²) < 4.78 is 11.3. The van der Waals surface area contributed by atoms with Crippen molar-refractivity contribution in [3.05, 3.63) is 75.9 Å². The smallest absolute Gasteiger partial charge is 0.290 e. The highest BCUT2D eigenvalue weighted by Crippen LogP contribution is 2.37. The predicted molar refractivity (Wildman–Crippen MR) is 107 cm³/mol. The molecule has 1 amide bonds. The number of hydrogen-bond donors (Lipinski definition) is 0. The minimum atomic E-state index is -0.493. The Labute approximate surface area is 167 Å². The SMILES string of the molecule is O=C1c2oc3ccccc3c(=O)c2C(c2cccnc2)N1CCN1CCOCC1. The van der Waals surface area contributed by atoms with Gasteiger partial charge in [-0.05, 0) is 23.8 Å². The van der Waals surface area contributed by atoms with Crippen LogP contribution in [0.2, 0.25) is 0 Å². The van der Waals surface area contributed by atoms with Gasteiger partial charge in [0.05, 0.1) is 30.2 Å². The first-order chi connectivity index (χ1) is 14.2. The molecule has 0 bridgehead atoms. The molecule has 7 heteroatoms. The van der Waals surface area contributed by atoms with Crippen molar-refractivity contribution in [3.8, 4) is 0 Å². The fraction of sp³-hybridized carbons (Fsp3) is 0.318. The van der Waals surface area contributed by atoms with Gasteiger partial charge < -0.3 is 14.1 Å². The maximum Gasteiger partial charge on any atom is 0.290 e. The zero-order chi connectivity index (χ0) is 19.8. The molecular weight excluding hydrogens is 370 g/mol. The van der Waals surface area contributed by atoms with E-state index in [4.69, 9.17) is 9.15 Å². The van der Waals surface area contributed by atoms with Crippen LogP contribution in [-0.2, 0) is 4.74 Å². The molecule has 148 valence electrons. The van der Waals surface area contributed by atoms with E-state index in [1.807, 2.05) is 12.1 Å². The highest BCUT2D eigenvalue weighted by atomic mass is 16.5. The van der Waals surface area contributed by atoms with Crippen LogP contribution in [0.3, 0.4) is 0 Å². The maximum absolute atomic E-state index is 13.3. The fourth-order valence-corrected chi connectivity index (χ4v) is 4.16. The molecule has 5 rings (SSSR count). The normalized spacial score (nSPS) is 19.7. The molecule has 0 N–H and O–H groups in total. The van der Waals surface area contributed by atoms with E-state index >= 15 is 0 Å². The van der Waals surface area contributed by atoms with E-state index < -0.39 is 6.04 Å². The average Bonchev–Trinajstić information content (AvgIpc) is 3.06. The third kappa shape index (κ3) is 3.12. The summed E-state index contributed by atoms with van der Waals surface area (Å²) in [5.41, 5.74) is 1.50. The van der Waals surface area contributed by atoms with Crippen LogP contribution < -0.4 is 5.43 Å². The molecule has 0 saturated carbocycles. The van der Waals surface area contributed by atoms with Crippen LogP contribution in [0.25, 0.3) is 11.0 Å². The van der Waals surface area contributed by atoms with Gasteiger partial charge >= 0.3 is 0 Å². The van der Waals surface area contributed by atoms with Crippen molar-refractivity contribution in [2.45, 2.75) is 6.04 Å². The summed E-state index contributed by atoms with van der Waals surface area (Å²) in [5, 5.41) is 0.489. The minimum absolute atomic E-state index is 0.143. The highest BCUT2D eigenvalue weighted by molar-refractivity contribution is 5.99. The van der Waals surface area contributed by atoms with E-state index in [1.165, 1.54) is 0 Å². The number of pyridine rings is 1. The van der Waals surface area contributed by atoms with Gasteiger partial charge in [-0.15, -0.1) is 0 Å². The standard InChI is InChI=1S/C22H21N3O4/c26-20-16-5-1-2-6-17(16)29-21-18(20)19(15-4-3-7-23-14-15)25(22(21)27)9-8-24-10-12-28-13-11-24/h1-7,14,19H,8-13H2. The third-order valence-corrected chi connectivity index (χ3v) is 5.63. The van der Waals surface area contributed by atoms with Gasteiger partial charge in [-0.25, -0.2) is 0 Å². The number of carbonyl (C=O) groups excluding carboxylic acids is 1. The molecule has 1 unspecified atom stereocenters. The zero-order valence-corrected chi connectivity index (χ0v) is 15.9. The summed E-state index contributed by atoms with van der Waals surface area (Å²) in [7, 11) is 0. The van der Waals surface area contributed by atoms with Crippen LogP contribution in [-0.4, -0.2) is 60.1 Å². The molecule has 2 aliphatic rings. The molecule has 1 fully saturated rings. The van der Waals surface area contributed by atoms with E-state index in [9.17, 15) is 9.59 Å². The van der Waals surface area contributed by atoms with Gasteiger partial charge in [0.1, 0.15) is 5.58 Å². The Bertz CT molecular complexity index is 1110. The maximum atomic E-state index is 13.3. The number of ether oxygens (including phenoxy) is 1. The van der Waals surface area contributed by atoms with E-state index in [2.05, 4.69) is 9.88 Å². The molecule has 1 aromatic carbocycles. The van der Waals surface area contributed by atoms with E-state index in [0.717, 1.165) is 18.7 Å². The lowest BCUT2D eigenvalue weighted by Gasteiger charge is -2.30. The lowest BCUT2D eigenvalue weighted by Crippen LogP contribution is -2.42. The lowest BCUT2D eigenvalue weighted by molar-refractivity contribution is 0.0314. The second-order valence-corrected chi connectivity index (χ2v) is 7.31. The quantitative estimate of drug-likeness (QED) is 0.678. The van der Waals surface area contributed by atoms with Gasteiger partial charge in [-0.3, -0.25) is 19.5 Å². The number of aromatic nitrogens is 1. The predicted octanol–water partition coefficient (Wildman–Crippen LogP) is 2.07. The number of morpholine rings is 1. The van der Waals surface area contributed by atoms with Crippen molar-refractivity contribution in [2.75, 3.05) is 39.4 Å². The Balaban J connectivity index is 1.58. The largest absolute Gasteiger partial charge is 0.450 e. The number of rotatable bonds is 4. The van der Waals surface area contributed by atoms with Gasteiger partial charge in [0.2, 0.25) is 5.76 Å². The molecule has 4 heterocycles. The van der Waals surface area contributed by atoms with Crippen molar-refractivity contribution in [1.82, 2.24) is 14.8 Å². The number of amides is 1. The molecule has 2 aliphatic heterocycles. The summed E-state index contributed by atoms with van der Waals surface area (Å²) in [6, 6.07) is 10.3. The summed E-state index contributed by atoms with van der Waals surface area (Å²) in [4.78, 5) is 34.8. The van der Waals surface area contributed by atoms with Crippen LogP contribution >= 0.6 is 0 Å². The molecule has 7 nitrogen and oxygen atoms in total. The van der Waals surface area contributed by atoms with E-state index in [1.54, 1.807) is 41.6 Å². The Hall–Kier alpha value is -3.03. The molecule has 3 aromatic rings. The first-order valence-corrected chi connectivity index (χ1v) is 9.81. The Morgan fingerprint density at radius 2 is 1.86 bits per heavy atom. The highest BCUT2D eigenvalue weighted by Gasteiger charge is 2.42. The third-order valence-electron chi connectivity index (χ3n) is 5.63. The van der Waals surface area contributed by atoms with Crippen molar-refractivity contribution < 1.29 is 13.9 Å². The summed E-state index contributed by atoms with van der Waals surface area (Å²) in [6.07, 6.45) is 3.39. The Kier molecular flexibility index (Phi) is 4.61. The molecule has 0 spiro atoms. The van der Waals surface area contributed by atoms with Crippen molar-refractivity contribution in [2.24, 2.45) is 0 Å². The first kappa shape index (κ1) is 18.0. The molecule has 2 aromatic heterocycles. The molecule has 1 saturated heterocycles. The number of para-hydroxylation sites is 1. The van der Waals surface area contributed by atoms with E-state index in [0.29, 0.717) is 42.8 Å². The van der Waals surface area contributed by atoms with Gasteiger partial charge in [0, 0.05) is 38.6 Å². The molecule has 1 atom stereocenters. The van der Waals surface area contributed by atoms with Crippen molar-refractivity contribution in [3.63, 3.8) is 0 Å². The van der Waals surface area contributed by atoms with E-state index in [-0.39, 0.29) is 17.1 Å². The van der Waals surface area contributed by atoms with Crippen LogP contribution in [0.4, 0.5) is 0 Å². The van der Waals surface area contributed by atoms with Crippen LogP contribution in [0, 0.1) is 0 Å². The molecule has 0 radical (unpaired) electrons. The van der Waals surface area contributed by atoms with Crippen LogP contribution in [0.15, 0.2) is 58.0 Å². The van der Waals surface area contributed by atoms with Gasteiger partial charge in [0.15, 0.2) is 5.43 Å². The topological polar surface area (TPSA) is 75.9 Å². The Morgan fingerprint density at radius 1 is 1.03 bits per heavy atom. The monoisotopic (exact) mass is 391 g/mol. The number of carbonyl (C=O) groups is 1. The van der Waals surface area contributed by atoms with Gasteiger partial charge in [-0.2, -0.15) is 0 Å². The summed E-state index contributed by atoms with van der Waals surface area (Å²) in [6.45, 7) is 4.30.